The van der Waals surface area contributed by atoms with Gasteiger partial charge in [-0.1, -0.05) is 0 Å². The lowest BCUT2D eigenvalue weighted by Crippen LogP contribution is -2.29. The van der Waals surface area contributed by atoms with Crippen molar-refractivity contribution < 1.29 is 27.5 Å². The van der Waals surface area contributed by atoms with E-state index in [4.69, 9.17) is 26.0 Å². The third-order valence-electron chi connectivity index (χ3n) is 5.06. The lowest BCUT2D eigenvalue weighted by Gasteiger charge is -2.22. The van der Waals surface area contributed by atoms with Crippen molar-refractivity contribution in [3.63, 3.8) is 0 Å². The van der Waals surface area contributed by atoms with Gasteiger partial charge in [-0.05, 0) is 82.5 Å². The lowest BCUT2D eigenvalue weighted by atomic mass is 10.2. The van der Waals surface area contributed by atoms with Crippen LogP contribution in [0.4, 0.5) is 0 Å². The highest BCUT2D eigenvalue weighted by atomic mass is 32.2. The van der Waals surface area contributed by atoms with E-state index in [-0.39, 0.29) is 4.21 Å². The van der Waals surface area contributed by atoms with Crippen molar-refractivity contribution >= 4 is 39.0 Å². The molecule has 188 valence electrons. The highest BCUT2D eigenvalue weighted by molar-refractivity contribution is 7.92. The zero-order valence-corrected chi connectivity index (χ0v) is 21.4. The molecule has 0 fully saturated rings. The summed E-state index contributed by atoms with van der Waals surface area (Å²) < 4.78 is 44.7. The number of rotatable bonds is 16. The molecule has 2 rings (SSSR count). The van der Waals surface area contributed by atoms with Crippen molar-refractivity contribution in [2.24, 2.45) is 11.5 Å². The van der Waals surface area contributed by atoms with Crippen LogP contribution < -0.4 is 20.9 Å². The number of nitrogens with zero attached hydrogens (tertiary/aromatic N) is 1. The molecule has 0 unspecified atom stereocenters. The Morgan fingerprint density at radius 2 is 1.76 bits per heavy atom. The Hall–Kier alpha value is -1.08. The second-order valence-corrected chi connectivity index (χ2v) is 12.5. The van der Waals surface area contributed by atoms with Gasteiger partial charge in [0.05, 0.1) is 6.61 Å². The topological polar surface area (TPSA) is 168 Å². The molecule has 0 aliphatic heterocycles. The van der Waals surface area contributed by atoms with E-state index in [1.807, 2.05) is 4.72 Å². The molecule has 0 saturated heterocycles. The highest BCUT2D eigenvalue weighted by Gasteiger charge is 2.25. The largest absolute Gasteiger partial charge is 0.494 e. The summed E-state index contributed by atoms with van der Waals surface area (Å²) in [5.74, 6) is 0.646. The minimum absolute atomic E-state index is 0.0381. The van der Waals surface area contributed by atoms with Crippen LogP contribution in [0, 0.1) is 6.92 Å². The Morgan fingerprint density at radius 1 is 1.09 bits per heavy atom. The summed E-state index contributed by atoms with van der Waals surface area (Å²) >= 11 is 1.05. The summed E-state index contributed by atoms with van der Waals surface area (Å²) in [6.07, 6.45) is 2.92. The third-order valence-corrected chi connectivity index (χ3v) is 9.14. The molecule has 0 spiro atoms. The molecule has 0 aliphatic rings. The van der Waals surface area contributed by atoms with Gasteiger partial charge < -0.3 is 30.9 Å². The van der Waals surface area contributed by atoms with Gasteiger partial charge in [0, 0.05) is 16.6 Å². The Bertz CT molecular complexity index is 1040. The Labute approximate surface area is 199 Å². The lowest BCUT2D eigenvalue weighted by molar-refractivity contribution is 0.230. The zero-order valence-electron chi connectivity index (χ0n) is 18.9. The van der Waals surface area contributed by atoms with Crippen molar-refractivity contribution in [1.29, 1.82) is 0 Å². The number of hydrogen-bond donors (Lipinski definition) is 5. The number of nitrogens with two attached hydrogens (primary N) is 2. The number of hydrogen-bond acceptors (Lipinski definition) is 8. The molecular formula is C20H35N4O6PS2. The van der Waals surface area contributed by atoms with Gasteiger partial charge in [-0.25, -0.2) is 8.42 Å². The number of nitrogens with one attached hydrogen (secondary N) is 1. The maximum absolute atomic E-state index is 12.5. The molecule has 0 bridgehead atoms. The monoisotopic (exact) mass is 522 g/mol. The number of thiophene rings is 1. The van der Waals surface area contributed by atoms with Gasteiger partial charge in [0.2, 0.25) is 0 Å². The van der Waals surface area contributed by atoms with Gasteiger partial charge in [0.25, 0.3) is 10.0 Å². The predicted molar refractivity (Wildman–Crippen MR) is 132 cm³/mol. The zero-order chi connectivity index (χ0) is 24.5. The molecule has 1 aromatic carbocycles. The van der Waals surface area contributed by atoms with Crippen molar-refractivity contribution in [1.82, 2.24) is 9.62 Å². The second kappa shape index (κ2) is 13.1. The third kappa shape index (κ3) is 9.23. The van der Waals surface area contributed by atoms with Crippen molar-refractivity contribution in [3.8, 4) is 5.75 Å². The Kier molecular flexibility index (Phi) is 11.2. The van der Waals surface area contributed by atoms with E-state index in [0.717, 1.165) is 66.7 Å². The van der Waals surface area contributed by atoms with Gasteiger partial charge in [0.15, 0.2) is 0 Å². The first-order chi connectivity index (χ1) is 15.6. The Balaban J connectivity index is 1.99. The standard InChI is InChI=1S/C20H35N4O6PS2/c1-16-18-14-17(30-13-5-12-24(11-4-9-22)10-3-2-8-21)6-7-19(18)32-20(16)33(28,29)23-15-31(25,26)27/h6-7,14,23H,2-5,8-13,15,21-22H2,1H3,(H2,25,26,27). The van der Waals surface area contributed by atoms with Crippen LogP contribution in [0.3, 0.4) is 0 Å². The number of ether oxygens (including phenoxy) is 1. The summed E-state index contributed by atoms with van der Waals surface area (Å²) in [6, 6.07) is 5.40. The van der Waals surface area contributed by atoms with Gasteiger partial charge in [-0.3, -0.25) is 4.57 Å². The summed E-state index contributed by atoms with van der Waals surface area (Å²) in [5.41, 5.74) is 11.7. The molecule has 2 aromatic rings. The quantitative estimate of drug-likeness (QED) is 0.163. The molecule has 0 radical (unpaired) electrons. The Morgan fingerprint density at radius 3 is 2.42 bits per heavy atom. The van der Waals surface area contributed by atoms with Gasteiger partial charge >= 0.3 is 7.60 Å². The minimum Gasteiger partial charge on any atom is -0.494 e. The average molecular weight is 523 g/mol. The van der Waals surface area contributed by atoms with Crippen LogP contribution in [0.1, 0.15) is 31.2 Å². The maximum Gasteiger partial charge on any atom is 0.340 e. The molecule has 10 nitrogen and oxygen atoms in total. The van der Waals surface area contributed by atoms with Gasteiger partial charge in [-0.15, -0.1) is 11.3 Å². The molecule has 0 atom stereocenters. The van der Waals surface area contributed by atoms with E-state index in [0.29, 0.717) is 31.0 Å². The van der Waals surface area contributed by atoms with Crippen LogP contribution in [0.2, 0.25) is 0 Å². The van der Waals surface area contributed by atoms with Crippen molar-refractivity contribution in [3.05, 3.63) is 23.8 Å². The number of aryl methyl sites for hydroxylation is 1. The van der Waals surface area contributed by atoms with E-state index >= 15 is 0 Å². The number of benzene rings is 1. The molecule has 0 aliphatic carbocycles. The fourth-order valence-corrected chi connectivity index (χ4v) is 7.17. The van der Waals surface area contributed by atoms with Crippen LogP contribution in [0.5, 0.6) is 5.75 Å². The van der Waals surface area contributed by atoms with Crippen LogP contribution in [0.15, 0.2) is 22.4 Å². The fraction of sp³-hybridized carbons (Fsp3) is 0.600. The van der Waals surface area contributed by atoms with E-state index in [1.54, 1.807) is 25.1 Å². The highest BCUT2D eigenvalue weighted by Crippen LogP contribution is 2.37. The van der Waals surface area contributed by atoms with Crippen LogP contribution >= 0.6 is 18.9 Å². The second-order valence-electron chi connectivity index (χ2n) is 7.82. The minimum atomic E-state index is -4.50. The van der Waals surface area contributed by atoms with Crippen LogP contribution in [0.25, 0.3) is 10.1 Å². The number of fused-ring (bicyclic) bond motifs is 1. The summed E-state index contributed by atoms with van der Waals surface area (Å²) in [4.78, 5) is 20.3. The average Bonchev–Trinajstić information content (AvgIpc) is 3.10. The van der Waals surface area contributed by atoms with E-state index in [1.165, 1.54) is 0 Å². The number of unbranched alkanes of at least 4 members (excludes halogenated alkanes) is 1. The van der Waals surface area contributed by atoms with E-state index < -0.39 is 23.9 Å². The van der Waals surface area contributed by atoms with Crippen molar-refractivity contribution in [2.75, 3.05) is 45.6 Å². The normalized spacial score (nSPS) is 12.7. The molecule has 7 N–H and O–H groups in total. The van der Waals surface area contributed by atoms with Crippen molar-refractivity contribution in [2.45, 2.75) is 36.8 Å². The first-order valence-corrected chi connectivity index (χ1v) is 15.0. The van der Waals surface area contributed by atoms with E-state index in [2.05, 4.69) is 4.90 Å². The summed E-state index contributed by atoms with van der Waals surface area (Å²) in [5, 5.41) is 0.736. The van der Waals surface area contributed by atoms with Gasteiger partial charge in [0.1, 0.15) is 16.2 Å². The van der Waals surface area contributed by atoms with E-state index in [9.17, 15) is 13.0 Å². The maximum atomic E-state index is 12.5. The molecule has 33 heavy (non-hydrogen) atoms. The summed E-state index contributed by atoms with van der Waals surface area (Å²) in [6.45, 7) is 6.40. The first-order valence-electron chi connectivity index (χ1n) is 10.9. The molecule has 0 saturated carbocycles. The van der Waals surface area contributed by atoms with Gasteiger partial charge in [-0.2, -0.15) is 4.72 Å². The number of sulfonamides is 1. The molecule has 1 aromatic heterocycles. The molecule has 13 heteroatoms. The molecular weight excluding hydrogens is 487 g/mol. The fourth-order valence-electron chi connectivity index (χ4n) is 3.37. The summed E-state index contributed by atoms with van der Waals surface area (Å²) in [7, 11) is -8.53. The molecule has 0 amide bonds. The molecule has 1 heterocycles. The smallest absolute Gasteiger partial charge is 0.340 e. The SMILES string of the molecule is Cc1c(S(=O)(=O)NCP(=O)(O)O)sc2ccc(OCCCN(CCCN)CCCCN)cc12. The van der Waals surface area contributed by atoms with Crippen LogP contribution in [-0.2, 0) is 14.6 Å². The first kappa shape index (κ1) is 28.2. The van der Waals surface area contributed by atoms with Crippen LogP contribution in [-0.4, -0.2) is 68.7 Å². The predicted octanol–water partition coefficient (Wildman–Crippen LogP) is 1.78.